The zero-order valence-electron chi connectivity index (χ0n) is 16.4. The molecule has 0 aliphatic heterocycles. The monoisotopic (exact) mass is 448 g/mol. The summed E-state index contributed by atoms with van der Waals surface area (Å²) in [4.78, 5) is 12.6. The lowest BCUT2D eigenvalue weighted by atomic mass is 10.1. The molecular weight excluding hydrogens is 427 g/mol. The zero-order valence-corrected chi connectivity index (χ0v) is 18.8. The minimum atomic E-state index is -0.274. The number of amides is 1. The number of nitrogens with zero attached hydrogens (tertiary/aromatic N) is 3. The fraction of sp³-hybridized carbons (Fsp3) is 0.286. The maximum absolute atomic E-state index is 12.6. The van der Waals surface area contributed by atoms with Crippen molar-refractivity contribution in [1.82, 2.24) is 20.1 Å². The van der Waals surface area contributed by atoms with E-state index < -0.39 is 0 Å². The Hall–Kier alpha value is -2.02. The van der Waals surface area contributed by atoms with E-state index in [4.69, 9.17) is 23.2 Å². The van der Waals surface area contributed by atoms with E-state index in [1.165, 1.54) is 0 Å². The van der Waals surface area contributed by atoms with Crippen LogP contribution in [0.1, 0.15) is 47.2 Å². The van der Waals surface area contributed by atoms with E-state index in [2.05, 4.69) is 15.5 Å². The number of carbonyl (C=O) groups is 1. The highest BCUT2D eigenvalue weighted by Crippen LogP contribution is 2.29. The highest BCUT2D eigenvalue weighted by Gasteiger charge is 2.20. The lowest BCUT2D eigenvalue weighted by Crippen LogP contribution is -2.28. The van der Waals surface area contributed by atoms with Crippen molar-refractivity contribution in [3.05, 3.63) is 75.0 Å². The number of hydrogen-bond donors (Lipinski definition) is 1. The first-order chi connectivity index (χ1) is 13.9. The van der Waals surface area contributed by atoms with Crippen LogP contribution < -0.4 is 5.32 Å². The molecule has 1 aromatic heterocycles. The number of halogens is 2. The third-order valence-electron chi connectivity index (χ3n) is 4.45. The first-order valence-corrected chi connectivity index (χ1v) is 11.0. The van der Waals surface area contributed by atoms with E-state index in [1.54, 1.807) is 23.9 Å². The lowest BCUT2D eigenvalue weighted by molar-refractivity contribution is 0.0937. The third-order valence-corrected chi connectivity index (χ3v) is 6.05. The fourth-order valence-electron chi connectivity index (χ4n) is 2.94. The van der Waals surface area contributed by atoms with Gasteiger partial charge in [-0.2, -0.15) is 0 Å². The fourth-order valence-corrected chi connectivity index (χ4v) is 4.50. The van der Waals surface area contributed by atoms with Crippen LogP contribution in [0.4, 0.5) is 0 Å². The number of benzene rings is 2. The van der Waals surface area contributed by atoms with Gasteiger partial charge >= 0.3 is 0 Å². The van der Waals surface area contributed by atoms with Crippen LogP contribution in [-0.2, 0) is 12.3 Å². The predicted octanol–water partition coefficient (Wildman–Crippen LogP) is 5.70. The van der Waals surface area contributed by atoms with Crippen molar-refractivity contribution in [2.45, 2.75) is 44.3 Å². The average Bonchev–Trinajstić information content (AvgIpc) is 3.10. The molecule has 0 fully saturated rings. The number of rotatable bonds is 7. The van der Waals surface area contributed by atoms with Crippen molar-refractivity contribution in [3.8, 4) is 0 Å². The van der Waals surface area contributed by atoms with Crippen LogP contribution in [0.5, 0.6) is 0 Å². The Morgan fingerprint density at radius 1 is 1.21 bits per heavy atom. The summed E-state index contributed by atoms with van der Waals surface area (Å²) in [5.41, 5.74) is 2.65. The Morgan fingerprint density at radius 3 is 2.69 bits per heavy atom. The van der Waals surface area contributed by atoms with Gasteiger partial charge in [-0.1, -0.05) is 58.7 Å². The molecule has 3 rings (SSSR count). The molecule has 0 saturated heterocycles. The van der Waals surface area contributed by atoms with Gasteiger partial charge in [0.1, 0.15) is 0 Å². The molecule has 0 saturated carbocycles. The number of hydrogen-bond acceptors (Lipinski definition) is 4. The van der Waals surface area contributed by atoms with E-state index >= 15 is 0 Å². The summed E-state index contributed by atoms with van der Waals surface area (Å²) < 4.78 is 2.01. The Balaban J connectivity index is 1.72. The van der Waals surface area contributed by atoms with E-state index in [1.807, 2.05) is 55.7 Å². The maximum atomic E-state index is 12.6. The standard InChI is InChI=1S/C21H22Cl2N4OS/c1-4-27-19(14(3)24-20(28)15-7-5-6-13(2)10-15)25-26-21(27)29-12-16-8-9-17(22)11-18(16)23/h5-11,14H,4,12H2,1-3H3,(H,24,28)/t14-/m0/s1. The summed E-state index contributed by atoms with van der Waals surface area (Å²) in [6, 6.07) is 12.7. The molecule has 0 bridgehead atoms. The highest BCUT2D eigenvalue weighted by molar-refractivity contribution is 7.98. The Labute approximate surface area is 184 Å². The largest absolute Gasteiger partial charge is 0.342 e. The molecule has 1 N–H and O–H groups in total. The SMILES string of the molecule is CCn1c(SCc2ccc(Cl)cc2Cl)nnc1[C@H](C)NC(=O)c1cccc(C)c1. The molecule has 0 spiro atoms. The Kier molecular flexibility index (Phi) is 7.22. The van der Waals surface area contributed by atoms with Crippen molar-refractivity contribution in [2.24, 2.45) is 0 Å². The van der Waals surface area contributed by atoms with E-state index in [0.29, 0.717) is 27.9 Å². The summed E-state index contributed by atoms with van der Waals surface area (Å²) >= 11 is 13.8. The molecule has 1 heterocycles. The van der Waals surface area contributed by atoms with Gasteiger partial charge in [-0.15, -0.1) is 10.2 Å². The first-order valence-electron chi connectivity index (χ1n) is 9.26. The van der Waals surface area contributed by atoms with Gasteiger partial charge < -0.3 is 9.88 Å². The Bertz CT molecular complexity index is 1020. The molecule has 152 valence electrons. The highest BCUT2D eigenvalue weighted by atomic mass is 35.5. The van der Waals surface area contributed by atoms with Crippen LogP contribution in [0.25, 0.3) is 0 Å². The van der Waals surface area contributed by atoms with Gasteiger partial charge in [0, 0.05) is 27.9 Å². The lowest BCUT2D eigenvalue weighted by Gasteiger charge is -2.15. The van der Waals surface area contributed by atoms with Crippen molar-refractivity contribution < 1.29 is 4.79 Å². The Morgan fingerprint density at radius 2 is 2.00 bits per heavy atom. The summed E-state index contributed by atoms with van der Waals surface area (Å²) in [6.45, 7) is 6.60. The molecule has 1 amide bonds. The van der Waals surface area contributed by atoms with Crippen LogP contribution in [0.3, 0.4) is 0 Å². The van der Waals surface area contributed by atoms with Crippen molar-refractivity contribution in [3.63, 3.8) is 0 Å². The number of thioether (sulfide) groups is 1. The number of aromatic nitrogens is 3. The minimum Gasteiger partial charge on any atom is -0.342 e. The van der Waals surface area contributed by atoms with Crippen molar-refractivity contribution in [1.29, 1.82) is 0 Å². The summed E-state index contributed by atoms with van der Waals surface area (Å²) in [5, 5.41) is 13.7. The molecule has 29 heavy (non-hydrogen) atoms. The number of carbonyl (C=O) groups excluding carboxylic acids is 1. The summed E-state index contributed by atoms with van der Waals surface area (Å²) in [7, 11) is 0. The van der Waals surface area contributed by atoms with Crippen LogP contribution in [-0.4, -0.2) is 20.7 Å². The second kappa shape index (κ2) is 9.65. The first kappa shape index (κ1) is 21.7. The normalized spacial score (nSPS) is 12.0. The molecule has 0 unspecified atom stereocenters. The topological polar surface area (TPSA) is 59.8 Å². The second-order valence-corrected chi connectivity index (χ2v) is 8.46. The van der Waals surface area contributed by atoms with Crippen LogP contribution in [0, 0.1) is 6.92 Å². The zero-order chi connectivity index (χ0) is 21.0. The van der Waals surface area contributed by atoms with Gasteiger partial charge in [0.25, 0.3) is 5.91 Å². The minimum absolute atomic E-state index is 0.131. The van der Waals surface area contributed by atoms with Gasteiger partial charge in [0.2, 0.25) is 0 Å². The van der Waals surface area contributed by atoms with E-state index in [0.717, 1.165) is 22.1 Å². The van der Waals surface area contributed by atoms with Crippen LogP contribution >= 0.6 is 35.0 Å². The molecule has 3 aromatic rings. The van der Waals surface area contributed by atoms with Crippen LogP contribution in [0.2, 0.25) is 10.0 Å². The second-order valence-electron chi connectivity index (χ2n) is 6.67. The number of aryl methyl sites for hydroxylation is 1. The quantitative estimate of drug-likeness (QED) is 0.471. The molecule has 8 heteroatoms. The van der Waals surface area contributed by atoms with Gasteiger partial charge in [-0.05, 0) is 50.6 Å². The molecule has 0 aliphatic rings. The van der Waals surface area contributed by atoms with E-state index in [-0.39, 0.29) is 11.9 Å². The van der Waals surface area contributed by atoms with Gasteiger partial charge in [-0.3, -0.25) is 4.79 Å². The summed E-state index contributed by atoms with van der Waals surface area (Å²) in [6.07, 6.45) is 0. The predicted molar refractivity (Wildman–Crippen MR) is 119 cm³/mol. The van der Waals surface area contributed by atoms with Crippen molar-refractivity contribution >= 4 is 40.9 Å². The number of nitrogens with one attached hydrogen (secondary N) is 1. The molecule has 2 aromatic carbocycles. The van der Waals surface area contributed by atoms with Gasteiger partial charge in [0.15, 0.2) is 11.0 Å². The summed E-state index contributed by atoms with van der Waals surface area (Å²) in [5.74, 6) is 1.24. The molecule has 0 radical (unpaired) electrons. The van der Waals surface area contributed by atoms with Gasteiger partial charge in [-0.25, -0.2) is 0 Å². The molecular formula is C21H22Cl2N4OS. The van der Waals surface area contributed by atoms with E-state index in [9.17, 15) is 4.79 Å². The molecule has 5 nitrogen and oxygen atoms in total. The average molecular weight is 449 g/mol. The van der Waals surface area contributed by atoms with Crippen molar-refractivity contribution in [2.75, 3.05) is 0 Å². The molecule has 1 atom stereocenters. The smallest absolute Gasteiger partial charge is 0.251 e. The maximum Gasteiger partial charge on any atom is 0.251 e. The molecule has 0 aliphatic carbocycles. The van der Waals surface area contributed by atoms with Gasteiger partial charge in [0.05, 0.1) is 6.04 Å². The third kappa shape index (κ3) is 5.32. The van der Waals surface area contributed by atoms with Crippen LogP contribution in [0.15, 0.2) is 47.6 Å².